The summed E-state index contributed by atoms with van der Waals surface area (Å²) in [6.45, 7) is 5.76. The van der Waals surface area contributed by atoms with E-state index in [1.165, 1.54) is 11.4 Å². The van der Waals surface area contributed by atoms with Gasteiger partial charge in [0, 0.05) is 6.92 Å². The maximum atomic E-state index is 9.82. The zero-order chi connectivity index (χ0) is 7.70. The van der Waals surface area contributed by atoms with Crippen molar-refractivity contribution in [3.05, 3.63) is 0 Å². The molecule has 0 rings (SSSR count). The molecule has 3 heteroatoms. The van der Waals surface area contributed by atoms with E-state index in [4.69, 9.17) is 0 Å². The predicted molar refractivity (Wildman–Crippen MR) is 46.9 cm³/mol. The highest BCUT2D eigenvalue weighted by atomic mass is 127. The summed E-state index contributed by atoms with van der Waals surface area (Å²) < 4.78 is 5.62. The molecule has 0 aromatic rings. The maximum Gasteiger partial charge on any atom is 0.302 e. The van der Waals surface area contributed by atoms with Gasteiger partial charge in [0.15, 0.2) is 0 Å². The van der Waals surface area contributed by atoms with E-state index < -0.39 is 0 Å². The van der Waals surface area contributed by atoms with Crippen LogP contribution in [0.3, 0.4) is 0 Å². The molecule has 0 aliphatic rings. The van der Waals surface area contributed by atoms with Gasteiger partial charge < -0.3 is 4.74 Å². The number of hydrogen-bond acceptors (Lipinski definition) is 2. The van der Waals surface area contributed by atoms with Gasteiger partial charge in [-0.3, -0.25) is 4.79 Å². The van der Waals surface area contributed by atoms with Crippen molar-refractivity contribution in [1.82, 2.24) is 0 Å². The van der Waals surface area contributed by atoms with Crippen LogP contribution in [0.25, 0.3) is 0 Å². The quantitative estimate of drug-likeness (QED) is 0.400. The Morgan fingerprint density at radius 2 is 1.89 bits per heavy atom. The van der Waals surface area contributed by atoms with Gasteiger partial charge in [0.05, 0.1) is 6.61 Å². The Morgan fingerprint density at radius 1 is 1.56 bits per heavy atom. The summed E-state index contributed by atoms with van der Waals surface area (Å²) in [5.74, 6) is -0.211. The molecular weight excluding hydrogens is 231 g/mol. The third-order valence-corrected chi connectivity index (χ3v) is 0.348. The maximum absolute atomic E-state index is 9.82. The van der Waals surface area contributed by atoms with Crippen molar-refractivity contribution in [3.63, 3.8) is 0 Å². The monoisotopic (exact) mass is 244 g/mol. The Morgan fingerprint density at radius 3 is 1.89 bits per heavy atom. The summed E-state index contributed by atoms with van der Waals surface area (Å²) in [5.41, 5.74) is 0. The summed E-state index contributed by atoms with van der Waals surface area (Å²) in [6.07, 6.45) is 0. The van der Waals surface area contributed by atoms with E-state index in [1.54, 1.807) is 6.92 Å². The standard InChI is InChI=1S/C4H8O2.C2H5I/c1-3-6-4(2)5;1-2-3/h3H2,1-2H3;2H2,1H3. The van der Waals surface area contributed by atoms with Crippen molar-refractivity contribution in [2.75, 3.05) is 11.0 Å². The second kappa shape index (κ2) is 11.1. The molecule has 0 unspecified atom stereocenters. The average molecular weight is 244 g/mol. The smallest absolute Gasteiger partial charge is 0.302 e. The van der Waals surface area contributed by atoms with Gasteiger partial charge in [0.1, 0.15) is 0 Å². The Kier molecular flexibility index (Phi) is 14.7. The van der Waals surface area contributed by atoms with Gasteiger partial charge in [-0.2, -0.15) is 0 Å². The lowest BCUT2D eigenvalue weighted by atomic mass is 10.8. The van der Waals surface area contributed by atoms with E-state index in [0.717, 1.165) is 0 Å². The molecule has 0 heterocycles. The minimum Gasteiger partial charge on any atom is -0.466 e. The molecule has 0 radical (unpaired) electrons. The third kappa shape index (κ3) is 30.8. The molecule has 56 valence electrons. The van der Waals surface area contributed by atoms with Crippen molar-refractivity contribution in [2.24, 2.45) is 0 Å². The van der Waals surface area contributed by atoms with Crippen LogP contribution in [0.1, 0.15) is 20.8 Å². The molecule has 9 heavy (non-hydrogen) atoms. The zero-order valence-corrected chi connectivity index (χ0v) is 8.27. The van der Waals surface area contributed by atoms with Crippen molar-refractivity contribution in [2.45, 2.75) is 20.8 Å². The van der Waals surface area contributed by atoms with Crippen LogP contribution in [-0.2, 0) is 9.53 Å². The van der Waals surface area contributed by atoms with Crippen LogP contribution in [0.4, 0.5) is 0 Å². The second-order valence-electron chi connectivity index (χ2n) is 1.19. The normalized spacial score (nSPS) is 7.11. The molecule has 0 atom stereocenters. The van der Waals surface area contributed by atoms with Gasteiger partial charge >= 0.3 is 5.97 Å². The second-order valence-corrected chi connectivity index (χ2v) is 2.72. The van der Waals surface area contributed by atoms with Crippen LogP contribution in [0.15, 0.2) is 0 Å². The molecule has 0 aliphatic heterocycles. The minimum absolute atomic E-state index is 0.211. The Hall–Kier alpha value is 0.200. The SMILES string of the molecule is CCI.CCOC(C)=O. The predicted octanol–water partition coefficient (Wildman–Crippen LogP) is 2.01. The summed E-state index contributed by atoms with van der Waals surface area (Å²) in [5, 5.41) is 0. The fraction of sp³-hybridized carbons (Fsp3) is 0.833. The van der Waals surface area contributed by atoms with Crippen LogP contribution in [0.2, 0.25) is 0 Å². The van der Waals surface area contributed by atoms with Crippen LogP contribution in [0.5, 0.6) is 0 Å². The Labute approximate surface area is 70.1 Å². The largest absolute Gasteiger partial charge is 0.466 e. The zero-order valence-electron chi connectivity index (χ0n) is 6.11. The molecule has 0 saturated heterocycles. The number of hydrogen-bond donors (Lipinski definition) is 0. The minimum atomic E-state index is -0.211. The summed E-state index contributed by atoms with van der Waals surface area (Å²) >= 11 is 2.29. The molecule has 0 aromatic carbocycles. The van der Waals surface area contributed by atoms with E-state index in [0.29, 0.717) is 6.61 Å². The van der Waals surface area contributed by atoms with E-state index >= 15 is 0 Å². The van der Waals surface area contributed by atoms with Crippen LogP contribution < -0.4 is 0 Å². The number of alkyl halides is 1. The van der Waals surface area contributed by atoms with E-state index in [-0.39, 0.29) is 5.97 Å². The van der Waals surface area contributed by atoms with Gasteiger partial charge in [0.25, 0.3) is 0 Å². The molecule has 0 amide bonds. The lowest BCUT2D eigenvalue weighted by Crippen LogP contribution is -1.95. The highest BCUT2D eigenvalue weighted by Crippen LogP contribution is 1.69. The fourth-order valence-electron chi connectivity index (χ4n) is 0.203. The number of rotatable bonds is 1. The molecule has 0 aliphatic carbocycles. The number of ether oxygens (including phenoxy) is 1. The molecule has 2 nitrogen and oxygen atoms in total. The van der Waals surface area contributed by atoms with Crippen molar-refractivity contribution < 1.29 is 9.53 Å². The number of carbonyl (C=O) groups is 1. The Balaban J connectivity index is 0. The molecule has 0 spiro atoms. The first kappa shape index (κ1) is 11.9. The topological polar surface area (TPSA) is 26.3 Å². The fourth-order valence-corrected chi connectivity index (χ4v) is 0.203. The van der Waals surface area contributed by atoms with Crippen LogP contribution >= 0.6 is 22.6 Å². The first-order chi connectivity index (χ1) is 4.18. The van der Waals surface area contributed by atoms with Crippen molar-refractivity contribution in [1.29, 1.82) is 0 Å². The van der Waals surface area contributed by atoms with Crippen molar-refractivity contribution in [3.8, 4) is 0 Å². The summed E-state index contributed by atoms with van der Waals surface area (Å²) in [4.78, 5) is 9.82. The molecule has 0 fully saturated rings. The van der Waals surface area contributed by atoms with Crippen molar-refractivity contribution >= 4 is 28.6 Å². The van der Waals surface area contributed by atoms with Gasteiger partial charge in [-0.25, -0.2) is 0 Å². The highest BCUT2D eigenvalue weighted by Gasteiger charge is 1.81. The number of esters is 1. The molecule has 0 N–H and O–H groups in total. The van der Waals surface area contributed by atoms with Gasteiger partial charge in [-0.15, -0.1) is 0 Å². The average Bonchev–Trinajstić information content (AvgIpc) is 1.67. The van der Waals surface area contributed by atoms with Gasteiger partial charge in [-0.1, -0.05) is 29.5 Å². The van der Waals surface area contributed by atoms with Gasteiger partial charge in [0.2, 0.25) is 0 Å². The highest BCUT2D eigenvalue weighted by molar-refractivity contribution is 14.1. The summed E-state index contributed by atoms with van der Waals surface area (Å²) in [7, 11) is 0. The molecule has 0 saturated carbocycles. The molecular formula is C6H13IO2. The van der Waals surface area contributed by atoms with E-state index in [1.807, 2.05) is 0 Å². The molecule has 0 aromatic heterocycles. The molecule has 0 bridgehead atoms. The van der Waals surface area contributed by atoms with Gasteiger partial charge in [-0.05, 0) is 11.4 Å². The Bertz CT molecular complexity index is 64.1. The number of carbonyl (C=O) groups excluding carboxylic acids is 1. The van der Waals surface area contributed by atoms with Crippen LogP contribution in [-0.4, -0.2) is 17.0 Å². The first-order valence-corrected chi connectivity index (χ1v) is 4.40. The lowest BCUT2D eigenvalue weighted by Gasteiger charge is -1.89. The summed E-state index contributed by atoms with van der Waals surface area (Å²) in [6, 6.07) is 0. The van der Waals surface area contributed by atoms with E-state index in [9.17, 15) is 4.79 Å². The third-order valence-electron chi connectivity index (χ3n) is 0.348. The van der Waals surface area contributed by atoms with E-state index in [2.05, 4.69) is 34.3 Å². The number of halogens is 1. The first-order valence-electron chi connectivity index (χ1n) is 2.88. The van der Waals surface area contributed by atoms with Crippen LogP contribution in [0, 0.1) is 0 Å². The lowest BCUT2D eigenvalue weighted by molar-refractivity contribution is -0.140.